The number of hydrogen-bond donors (Lipinski definition) is 1. The van der Waals surface area contributed by atoms with E-state index >= 15 is 18.4 Å². The topological polar surface area (TPSA) is 168 Å². The number of rotatable bonds is 20. The molecule has 0 spiro atoms. The van der Waals surface area contributed by atoms with Crippen LogP contribution in [0.25, 0.3) is 0 Å². The van der Waals surface area contributed by atoms with Gasteiger partial charge >= 0.3 is 11.9 Å². The number of carbonyl (C=O) groups excluding carboxylic acids is 4. The summed E-state index contributed by atoms with van der Waals surface area (Å²) in [7, 11) is -6.09. The summed E-state index contributed by atoms with van der Waals surface area (Å²) >= 11 is 25.6. The quantitative estimate of drug-likeness (QED) is 0.0669. The Morgan fingerprint density at radius 3 is 1.42 bits per heavy atom. The Morgan fingerprint density at radius 2 is 1.05 bits per heavy atom. The van der Waals surface area contributed by atoms with Gasteiger partial charge in [-0.15, -0.1) is 0 Å². The molecule has 0 bridgehead atoms. The standard InChI is InChI=1S/C53H62Cl4F2N4O9S2/c1-8-42(30-60-73(68,69)10-3)62-48(32-12-16-36(54)17-13-32)44(34-20-38(56)24-40(58)22-34)26-52(5,50(62)66)28-46(64)72-47(65)29-53(6)27-45(35-21-39(57)25-41(59)23-35)49(33-14-18-37(55)19-15-33)63(51(53)67)43(9-2)31-61(7)74(70,71)11-4/h12-25,42-45,48-49,60H,8-11,26-31H2,1-7H3. The summed E-state index contributed by atoms with van der Waals surface area (Å²) in [6.07, 6.45) is -1.03. The van der Waals surface area contributed by atoms with E-state index in [9.17, 15) is 26.4 Å². The number of ether oxygens (including phenoxy) is 1. The molecule has 4 aromatic carbocycles. The molecule has 0 aliphatic carbocycles. The van der Waals surface area contributed by atoms with E-state index in [0.717, 1.165) is 12.1 Å². The number of amides is 2. The summed E-state index contributed by atoms with van der Waals surface area (Å²) in [6.45, 7) is 9.27. The van der Waals surface area contributed by atoms with Crippen LogP contribution >= 0.6 is 46.4 Å². The van der Waals surface area contributed by atoms with Gasteiger partial charge in [-0.3, -0.25) is 19.2 Å². The molecule has 8 atom stereocenters. The van der Waals surface area contributed by atoms with Gasteiger partial charge in [-0.1, -0.05) is 98.4 Å². The third-order valence-electron chi connectivity index (χ3n) is 14.5. The minimum atomic E-state index is -3.76. The average molecular weight is 1140 g/mol. The molecule has 2 aliphatic heterocycles. The summed E-state index contributed by atoms with van der Waals surface area (Å²) < 4.78 is 91.9. The van der Waals surface area contributed by atoms with Crippen LogP contribution in [0.2, 0.25) is 20.1 Å². The second-order valence-corrected chi connectivity index (χ2v) is 26.0. The third kappa shape index (κ3) is 13.5. The van der Waals surface area contributed by atoms with Crippen molar-refractivity contribution in [3.63, 3.8) is 0 Å². The van der Waals surface area contributed by atoms with E-state index < -0.39 is 115 Å². The second-order valence-electron chi connectivity index (χ2n) is 19.8. The van der Waals surface area contributed by atoms with E-state index in [1.165, 1.54) is 56.1 Å². The highest BCUT2D eigenvalue weighted by atomic mass is 35.5. The lowest BCUT2D eigenvalue weighted by molar-refractivity contribution is -0.172. The predicted molar refractivity (Wildman–Crippen MR) is 284 cm³/mol. The lowest BCUT2D eigenvalue weighted by Crippen LogP contribution is -2.58. The maximum absolute atomic E-state index is 15.4. The van der Waals surface area contributed by atoms with Crippen molar-refractivity contribution < 1.29 is 49.5 Å². The number of likely N-dealkylation sites (N-methyl/N-ethyl adjacent to an activating group) is 1. The van der Waals surface area contributed by atoms with Gasteiger partial charge in [-0.25, -0.2) is 34.6 Å². The van der Waals surface area contributed by atoms with Gasteiger partial charge in [0.1, 0.15) is 11.6 Å². The number of likely N-dealkylation sites (tertiary alicyclic amines) is 2. The Kier molecular flexibility index (Phi) is 19.1. The molecule has 74 heavy (non-hydrogen) atoms. The first kappa shape index (κ1) is 59.1. The fraction of sp³-hybridized carbons (Fsp3) is 0.472. The number of esters is 2. The van der Waals surface area contributed by atoms with Gasteiger partial charge in [0.2, 0.25) is 31.9 Å². The molecule has 2 fully saturated rings. The molecular weight excluding hydrogens is 1080 g/mol. The van der Waals surface area contributed by atoms with Crippen LogP contribution in [0.5, 0.6) is 0 Å². The lowest BCUT2D eigenvalue weighted by Gasteiger charge is -2.52. The molecule has 21 heteroatoms. The highest BCUT2D eigenvalue weighted by Gasteiger charge is 2.55. The summed E-state index contributed by atoms with van der Waals surface area (Å²) in [4.78, 5) is 62.5. The van der Waals surface area contributed by atoms with Crippen molar-refractivity contribution in [2.24, 2.45) is 10.8 Å². The van der Waals surface area contributed by atoms with Gasteiger partial charge in [0.05, 0.1) is 47.3 Å². The van der Waals surface area contributed by atoms with Crippen LogP contribution in [0, 0.1) is 22.5 Å². The molecule has 0 aromatic heterocycles. The van der Waals surface area contributed by atoms with E-state index in [1.807, 2.05) is 0 Å². The fourth-order valence-corrected chi connectivity index (χ4v) is 12.8. The smallest absolute Gasteiger partial charge is 0.314 e. The van der Waals surface area contributed by atoms with Gasteiger partial charge < -0.3 is 14.5 Å². The van der Waals surface area contributed by atoms with Crippen LogP contribution < -0.4 is 4.72 Å². The molecule has 2 heterocycles. The molecule has 2 amide bonds. The van der Waals surface area contributed by atoms with Crippen LogP contribution in [0.3, 0.4) is 0 Å². The van der Waals surface area contributed by atoms with E-state index in [4.69, 9.17) is 51.1 Å². The molecule has 2 aliphatic rings. The SMILES string of the molecule is CCC(CNS(=O)(=O)CC)N1C(=O)C(C)(CC(=O)OC(=O)CC2(C)CC(c3cc(F)cc(Cl)c3)C(c3ccc(Cl)cc3)N(C(CC)CN(C)S(=O)(=O)CC)C2=O)CC(c2cc(F)cc(Cl)c2)C1c1ccc(Cl)cc1. The molecule has 0 saturated carbocycles. The Hall–Kier alpha value is -4.20. The van der Waals surface area contributed by atoms with Gasteiger partial charge in [-0.05, 0) is 122 Å². The Morgan fingerprint density at radius 1 is 0.649 bits per heavy atom. The molecule has 6 rings (SSSR count). The van der Waals surface area contributed by atoms with Gasteiger partial charge in [0.25, 0.3) is 0 Å². The van der Waals surface area contributed by atoms with Crippen molar-refractivity contribution in [1.82, 2.24) is 18.8 Å². The lowest BCUT2D eigenvalue weighted by atomic mass is 9.66. The van der Waals surface area contributed by atoms with Crippen LogP contribution in [0.15, 0.2) is 84.9 Å². The maximum atomic E-state index is 15.4. The zero-order valence-corrected chi connectivity index (χ0v) is 46.9. The van der Waals surface area contributed by atoms with E-state index in [-0.39, 0.29) is 60.3 Å². The largest absolute Gasteiger partial charge is 0.393 e. The highest BCUT2D eigenvalue weighted by molar-refractivity contribution is 7.89. The number of benzene rings is 4. The van der Waals surface area contributed by atoms with Crippen molar-refractivity contribution in [2.45, 2.75) is 116 Å². The van der Waals surface area contributed by atoms with E-state index in [0.29, 0.717) is 32.3 Å². The first-order valence-corrected chi connectivity index (χ1v) is 29.2. The zero-order valence-electron chi connectivity index (χ0n) is 42.2. The van der Waals surface area contributed by atoms with Crippen LogP contribution in [0.4, 0.5) is 8.78 Å². The number of piperidine rings is 2. The average Bonchev–Trinajstić information content (AvgIpc) is 3.32. The summed E-state index contributed by atoms with van der Waals surface area (Å²) in [5.74, 6) is -6.63. The van der Waals surface area contributed by atoms with Crippen molar-refractivity contribution in [2.75, 3.05) is 31.6 Å². The van der Waals surface area contributed by atoms with Crippen LogP contribution in [0.1, 0.15) is 126 Å². The molecule has 2 saturated heterocycles. The van der Waals surface area contributed by atoms with Gasteiger partial charge in [-0.2, -0.15) is 0 Å². The highest BCUT2D eigenvalue weighted by Crippen LogP contribution is 2.54. The molecule has 8 unspecified atom stereocenters. The van der Waals surface area contributed by atoms with Crippen molar-refractivity contribution >= 4 is 90.2 Å². The van der Waals surface area contributed by atoms with Crippen molar-refractivity contribution in [1.29, 1.82) is 0 Å². The molecular formula is C53H62Cl4F2N4O9S2. The van der Waals surface area contributed by atoms with Crippen molar-refractivity contribution in [3.8, 4) is 0 Å². The Bertz CT molecular complexity index is 2920. The molecule has 0 radical (unpaired) electrons. The minimum absolute atomic E-state index is 0.0718. The minimum Gasteiger partial charge on any atom is -0.393 e. The summed E-state index contributed by atoms with van der Waals surface area (Å²) in [5, 5.41) is 0.953. The van der Waals surface area contributed by atoms with Gasteiger partial charge in [0, 0.05) is 64.1 Å². The third-order valence-corrected chi connectivity index (χ3v) is 18.6. The normalized spacial score (nSPS) is 23.5. The summed E-state index contributed by atoms with van der Waals surface area (Å²) in [5.41, 5.74) is -1.36. The number of carbonyl (C=O) groups is 4. The first-order valence-electron chi connectivity index (χ1n) is 24.4. The van der Waals surface area contributed by atoms with E-state index in [1.54, 1.807) is 79.4 Å². The first-order chi connectivity index (χ1) is 34.7. The van der Waals surface area contributed by atoms with Gasteiger partial charge in [0.15, 0.2) is 0 Å². The summed E-state index contributed by atoms with van der Waals surface area (Å²) in [6, 6.07) is 18.1. The van der Waals surface area contributed by atoms with Crippen molar-refractivity contribution in [3.05, 3.63) is 139 Å². The van der Waals surface area contributed by atoms with E-state index in [2.05, 4.69) is 4.72 Å². The maximum Gasteiger partial charge on any atom is 0.314 e. The van der Waals surface area contributed by atoms with Crippen LogP contribution in [-0.4, -0.2) is 98.4 Å². The Balaban J connectivity index is 1.39. The molecule has 4 aromatic rings. The molecule has 13 nitrogen and oxygen atoms in total. The zero-order chi connectivity index (χ0) is 54.7. The fourth-order valence-electron chi connectivity index (χ4n) is 10.6. The second kappa shape index (κ2) is 24.0. The molecule has 402 valence electrons. The number of nitrogens with one attached hydrogen (secondary N) is 1. The monoisotopic (exact) mass is 1140 g/mol. The van der Waals surface area contributed by atoms with Crippen LogP contribution in [-0.2, 0) is 44.0 Å². The predicted octanol–water partition coefficient (Wildman–Crippen LogP) is 11.0. The number of sulfonamides is 2. The number of nitrogens with zero attached hydrogens (tertiary/aromatic N) is 3. The Labute approximate surface area is 453 Å². The number of halogens is 6. The molecule has 1 N–H and O–H groups in total. The number of hydrogen-bond acceptors (Lipinski definition) is 9.